The first-order valence-electron chi connectivity index (χ1n) is 7.29. The Kier molecular flexibility index (Phi) is 6.22. The number of hydrogen-bond donors (Lipinski definition) is 0. The van der Waals surface area contributed by atoms with Crippen LogP contribution in [-0.4, -0.2) is 11.1 Å². The van der Waals surface area contributed by atoms with E-state index in [1.54, 1.807) is 11.3 Å². The number of thiazole rings is 1. The van der Waals surface area contributed by atoms with E-state index in [0.717, 1.165) is 22.7 Å². The first-order chi connectivity index (χ1) is 10.1. The normalized spacial score (nSPS) is 12.8. The van der Waals surface area contributed by atoms with Gasteiger partial charge in [-0.15, -0.1) is 22.9 Å². The molecule has 1 unspecified atom stereocenters. The molecule has 2 rings (SSSR count). The molecule has 0 fully saturated rings. The molecule has 0 bridgehead atoms. The van der Waals surface area contributed by atoms with Crippen LogP contribution in [0.5, 0.6) is 0 Å². The van der Waals surface area contributed by atoms with Crippen molar-refractivity contribution >= 4 is 22.9 Å². The lowest BCUT2D eigenvalue weighted by Crippen LogP contribution is -2.11. The zero-order valence-electron chi connectivity index (χ0n) is 12.8. The monoisotopic (exact) mass is 323 g/mol. The van der Waals surface area contributed by atoms with Crippen molar-refractivity contribution in [2.24, 2.45) is 5.92 Å². The van der Waals surface area contributed by atoms with E-state index >= 15 is 0 Å². The maximum Gasteiger partial charge on any atom is 0.123 e. The van der Waals surface area contributed by atoms with Crippen LogP contribution in [0.4, 0.5) is 0 Å². The van der Waals surface area contributed by atoms with Crippen molar-refractivity contribution < 1.29 is 4.74 Å². The molecule has 0 saturated carbocycles. The number of hydrogen-bond acceptors (Lipinski definition) is 3. The molecule has 1 aromatic carbocycles. The van der Waals surface area contributed by atoms with Crippen molar-refractivity contribution in [1.82, 2.24) is 4.98 Å². The minimum Gasteiger partial charge on any atom is -0.374 e. The van der Waals surface area contributed by atoms with Crippen molar-refractivity contribution in [2.75, 3.05) is 0 Å². The number of alkyl halides is 1. The van der Waals surface area contributed by atoms with Crippen molar-refractivity contribution in [1.29, 1.82) is 0 Å². The van der Waals surface area contributed by atoms with Crippen LogP contribution in [0.2, 0.25) is 0 Å². The van der Waals surface area contributed by atoms with Crippen molar-refractivity contribution in [3.05, 3.63) is 40.9 Å². The molecule has 0 aliphatic rings. The number of ether oxygens (including phenoxy) is 1. The lowest BCUT2D eigenvalue weighted by atomic mass is 10.1. The topological polar surface area (TPSA) is 22.1 Å². The summed E-state index contributed by atoms with van der Waals surface area (Å²) in [5.74, 6) is 1.13. The molecule has 4 heteroatoms. The second kappa shape index (κ2) is 7.92. The Morgan fingerprint density at radius 2 is 2.10 bits per heavy atom. The first kappa shape index (κ1) is 16.5. The predicted molar refractivity (Wildman–Crippen MR) is 90.8 cm³/mol. The summed E-state index contributed by atoms with van der Waals surface area (Å²) in [5, 5.41) is 3.03. The lowest BCUT2D eigenvalue weighted by Gasteiger charge is -2.15. The number of rotatable bonds is 7. The molecule has 0 aliphatic heterocycles. The average Bonchev–Trinajstić information content (AvgIpc) is 2.94. The van der Waals surface area contributed by atoms with Gasteiger partial charge >= 0.3 is 0 Å². The Hall–Kier alpha value is -0.900. The van der Waals surface area contributed by atoms with Crippen LogP contribution in [0.1, 0.15) is 38.4 Å². The van der Waals surface area contributed by atoms with Crippen molar-refractivity contribution in [2.45, 2.75) is 45.8 Å². The van der Waals surface area contributed by atoms with Crippen LogP contribution in [0, 0.1) is 5.92 Å². The van der Waals surface area contributed by atoms with Crippen LogP contribution in [0.3, 0.4) is 0 Å². The third kappa shape index (κ3) is 5.10. The zero-order valence-corrected chi connectivity index (χ0v) is 14.4. The standard InChI is InChI=1S/C17H22ClNOS/c1-12(2)7-13(3)20-10-14-5-4-6-15(8-14)17-19-16(9-18)11-21-17/h4-6,8,11-13H,7,9-10H2,1-3H3. The highest BCUT2D eigenvalue weighted by molar-refractivity contribution is 7.13. The molecule has 114 valence electrons. The van der Waals surface area contributed by atoms with Gasteiger partial charge in [-0.3, -0.25) is 0 Å². The molecule has 0 N–H and O–H groups in total. The van der Waals surface area contributed by atoms with Gasteiger partial charge in [-0.1, -0.05) is 32.0 Å². The molecule has 1 atom stereocenters. The quantitative estimate of drug-likeness (QED) is 0.628. The summed E-state index contributed by atoms with van der Waals surface area (Å²) < 4.78 is 5.92. The fourth-order valence-electron chi connectivity index (χ4n) is 2.27. The minimum absolute atomic E-state index is 0.288. The molecule has 0 aliphatic carbocycles. The third-order valence-electron chi connectivity index (χ3n) is 3.20. The number of aromatic nitrogens is 1. The Labute approximate surface area is 136 Å². The van der Waals surface area contributed by atoms with E-state index in [4.69, 9.17) is 16.3 Å². The molecular formula is C17H22ClNOS. The Balaban J connectivity index is 2.00. The fraction of sp³-hybridized carbons (Fsp3) is 0.471. The second-order valence-electron chi connectivity index (χ2n) is 5.73. The van der Waals surface area contributed by atoms with E-state index in [9.17, 15) is 0 Å². The highest BCUT2D eigenvalue weighted by atomic mass is 35.5. The van der Waals surface area contributed by atoms with Gasteiger partial charge in [0.1, 0.15) is 5.01 Å². The SMILES string of the molecule is CC(C)CC(C)OCc1cccc(-c2nc(CCl)cs2)c1. The summed E-state index contributed by atoms with van der Waals surface area (Å²) >= 11 is 7.44. The highest BCUT2D eigenvalue weighted by Gasteiger charge is 2.08. The Morgan fingerprint density at radius 1 is 1.29 bits per heavy atom. The molecule has 0 saturated heterocycles. The zero-order chi connectivity index (χ0) is 15.2. The second-order valence-corrected chi connectivity index (χ2v) is 6.85. The van der Waals surface area contributed by atoms with Gasteiger partial charge in [-0.2, -0.15) is 0 Å². The Morgan fingerprint density at radius 3 is 2.76 bits per heavy atom. The largest absolute Gasteiger partial charge is 0.374 e. The van der Waals surface area contributed by atoms with Crippen molar-refractivity contribution in [3.63, 3.8) is 0 Å². The van der Waals surface area contributed by atoms with E-state index in [-0.39, 0.29) is 6.10 Å². The van der Waals surface area contributed by atoms with Crippen molar-refractivity contribution in [3.8, 4) is 10.6 Å². The fourth-order valence-corrected chi connectivity index (χ4v) is 3.31. The molecule has 0 radical (unpaired) electrons. The van der Waals surface area contributed by atoms with Crippen LogP contribution in [-0.2, 0) is 17.2 Å². The van der Waals surface area contributed by atoms with E-state index in [2.05, 4.69) is 50.0 Å². The molecule has 21 heavy (non-hydrogen) atoms. The molecule has 2 aromatic rings. The average molecular weight is 324 g/mol. The predicted octanol–water partition coefficient (Wildman–Crippen LogP) is 5.50. The number of halogens is 1. The molecule has 0 amide bonds. The van der Waals surface area contributed by atoms with Gasteiger partial charge in [-0.25, -0.2) is 4.98 Å². The van der Waals surface area contributed by atoms with Gasteiger partial charge in [0.2, 0.25) is 0 Å². The van der Waals surface area contributed by atoms with E-state index in [1.165, 1.54) is 5.56 Å². The minimum atomic E-state index is 0.288. The number of benzene rings is 1. The smallest absolute Gasteiger partial charge is 0.123 e. The summed E-state index contributed by atoms with van der Waals surface area (Å²) in [6, 6.07) is 8.39. The third-order valence-corrected chi connectivity index (χ3v) is 4.41. The Bertz CT molecular complexity index is 567. The van der Waals surface area contributed by atoms with Crippen LogP contribution >= 0.6 is 22.9 Å². The summed E-state index contributed by atoms with van der Waals surface area (Å²) in [7, 11) is 0. The summed E-state index contributed by atoms with van der Waals surface area (Å²) in [4.78, 5) is 4.52. The van der Waals surface area contributed by atoms with Gasteiger partial charge < -0.3 is 4.74 Å². The van der Waals surface area contributed by atoms with Crippen LogP contribution < -0.4 is 0 Å². The summed E-state index contributed by atoms with van der Waals surface area (Å²) in [5.41, 5.74) is 3.25. The first-order valence-corrected chi connectivity index (χ1v) is 8.71. The molecular weight excluding hydrogens is 302 g/mol. The van der Waals surface area contributed by atoms with Crippen LogP contribution in [0.25, 0.3) is 10.6 Å². The highest BCUT2D eigenvalue weighted by Crippen LogP contribution is 2.25. The van der Waals surface area contributed by atoms with Gasteiger partial charge in [0.25, 0.3) is 0 Å². The maximum atomic E-state index is 5.92. The summed E-state index contributed by atoms with van der Waals surface area (Å²) in [6.45, 7) is 7.22. The number of nitrogens with zero attached hydrogens (tertiary/aromatic N) is 1. The van der Waals surface area contributed by atoms with Crippen LogP contribution in [0.15, 0.2) is 29.6 Å². The molecule has 2 nitrogen and oxygen atoms in total. The molecule has 1 heterocycles. The van der Waals surface area contributed by atoms with E-state index in [0.29, 0.717) is 18.4 Å². The van der Waals surface area contributed by atoms with E-state index in [1.807, 2.05) is 5.38 Å². The maximum absolute atomic E-state index is 5.92. The van der Waals surface area contributed by atoms with Gasteiger partial charge in [0.15, 0.2) is 0 Å². The van der Waals surface area contributed by atoms with E-state index < -0.39 is 0 Å². The molecule has 1 aromatic heterocycles. The van der Waals surface area contributed by atoms with Gasteiger partial charge in [0, 0.05) is 10.9 Å². The lowest BCUT2D eigenvalue weighted by molar-refractivity contribution is 0.0397. The van der Waals surface area contributed by atoms with Gasteiger partial charge in [-0.05, 0) is 30.9 Å². The summed E-state index contributed by atoms with van der Waals surface area (Å²) in [6.07, 6.45) is 1.38. The van der Waals surface area contributed by atoms with Gasteiger partial charge in [0.05, 0.1) is 24.3 Å². The molecule has 0 spiro atoms.